The van der Waals surface area contributed by atoms with Crippen LogP contribution in [0.3, 0.4) is 0 Å². The number of halogens is 2. The normalized spacial score (nSPS) is 17.4. The van der Waals surface area contributed by atoms with Gasteiger partial charge in [-0.05, 0) is 17.7 Å². The van der Waals surface area contributed by atoms with Crippen molar-refractivity contribution in [2.75, 3.05) is 39.3 Å². The molecule has 1 saturated heterocycles. The molecule has 1 fully saturated rings. The van der Waals surface area contributed by atoms with E-state index in [9.17, 15) is 0 Å². The van der Waals surface area contributed by atoms with Crippen molar-refractivity contribution in [2.45, 2.75) is 6.54 Å². The third-order valence-corrected chi connectivity index (χ3v) is 3.48. The summed E-state index contributed by atoms with van der Waals surface area (Å²) in [7, 11) is 0. The Bertz CT molecular complexity index is 335. The third-order valence-electron chi connectivity index (χ3n) is 3.23. The van der Waals surface area contributed by atoms with E-state index in [-0.39, 0.29) is 12.4 Å². The summed E-state index contributed by atoms with van der Waals surface area (Å²) in [6.07, 6.45) is 0. The molecule has 3 nitrogen and oxygen atoms in total. The Morgan fingerprint density at radius 2 is 1.56 bits per heavy atom. The van der Waals surface area contributed by atoms with E-state index in [1.165, 1.54) is 5.56 Å². The quantitative estimate of drug-likeness (QED) is 0.918. The maximum Gasteiger partial charge on any atom is 0.0406 e. The Morgan fingerprint density at radius 3 is 2.11 bits per heavy atom. The van der Waals surface area contributed by atoms with E-state index in [0.29, 0.717) is 0 Å². The molecule has 0 saturated carbocycles. The van der Waals surface area contributed by atoms with Gasteiger partial charge in [0.1, 0.15) is 0 Å². The van der Waals surface area contributed by atoms with Crippen molar-refractivity contribution in [2.24, 2.45) is 5.73 Å². The van der Waals surface area contributed by atoms with Crippen LogP contribution in [0.4, 0.5) is 0 Å². The van der Waals surface area contributed by atoms with Crippen LogP contribution < -0.4 is 5.73 Å². The average Bonchev–Trinajstić information content (AvgIpc) is 2.35. The zero-order valence-electron chi connectivity index (χ0n) is 10.5. The molecule has 1 aliphatic heterocycles. The highest BCUT2D eigenvalue weighted by Crippen LogP contribution is 2.12. The van der Waals surface area contributed by atoms with Crippen molar-refractivity contribution in [1.82, 2.24) is 9.80 Å². The summed E-state index contributed by atoms with van der Waals surface area (Å²) in [5, 5.41) is 0.807. The molecule has 0 spiro atoms. The van der Waals surface area contributed by atoms with Gasteiger partial charge in [0.25, 0.3) is 0 Å². The molecule has 18 heavy (non-hydrogen) atoms. The van der Waals surface area contributed by atoms with Crippen LogP contribution in [-0.4, -0.2) is 49.1 Å². The monoisotopic (exact) mass is 289 g/mol. The molecule has 0 amide bonds. The summed E-state index contributed by atoms with van der Waals surface area (Å²) in [5.41, 5.74) is 6.90. The fourth-order valence-corrected chi connectivity index (χ4v) is 2.33. The summed E-state index contributed by atoms with van der Waals surface area (Å²) in [5.74, 6) is 0. The lowest BCUT2D eigenvalue weighted by Gasteiger charge is -2.34. The van der Waals surface area contributed by atoms with Crippen LogP contribution in [0.15, 0.2) is 24.3 Å². The zero-order valence-corrected chi connectivity index (χ0v) is 12.1. The smallest absolute Gasteiger partial charge is 0.0406 e. The van der Waals surface area contributed by atoms with Crippen LogP contribution in [0.25, 0.3) is 0 Å². The van der Waals surface area contributed by atoms with E-state index < -0.39 is 0 Å². The number of hydrogen-bond donors (Lipinski definition) is 1. The predicted octanol–water partition coefficient (Wildman–Crippen LogP) is 1.84. The first-order valence-corrected chi connectivity index (χ1v) is 6.55. The van der Waals surface area contributed by atoms with Gasteiger partial charge < -0.3 is 5.73 Å². The van der Waals surface area contributed by atoms with Crippen LogP contribution >= 0.6 is 24.0 Å². The summed E-state index contributed by atoms with van der Waals surface area (Å²) < 4.78 is 0. The highest BCUT2D eigenvalue weighted by atomic mass is 35.5. The first-order valence-electron chi connectivity index (χ1n) is 6.17. The molecule has 0 aliphatic carbocycles. The van der Waals surface area contributed by atoms with Gasteiger partial charge in [-0.2, -0.15) is 0 Å². The molecule has 2 rings (SSSR count). The Balaban J connectivity index is 0.00000162. The lowest BCUT2D eigenvalue weighted by atomic mass is 10.2. The van der Waals surface area contributed by atoms with Crippen molar-refractivity contribution in [3.8, 4) is 0 Å². The molecule has 0 unspecified atom stereocenters. The summed E-state index contributed by atoms with van der Waals surface area (Å²) in [6, 6.07) is 8.13. The van der Waals surface area contributed by atoms with Gasteiger partial charge in [-0.15, -0.1) is 12.4 Å². The minimum absolute atomic E-state index is 0. The van der Waals surface area contributed by atoms with Crippen LogP contribution in [0, 0.1) is 0 Å². The van der Waals surface area contributed by atoms with Crippen molar-refractivity contribution in [3.05, 3.63) is 34.9 Å². The summed E-state index contributed by atoms with van der Waals surface area (Å²) >= 11 is 5.88. The topological polar surface area (TPSA) is 32.5 Å². The van der Waals surface area contributed by atoms with E-state index >= 15 is 0 Å². The first-order chi connectivity index (χ1) is 8.28. The minimum Gasteiger partial charge on any atom is -0.329 e. The predicted molar refractivity (Wildman–Crippen MR) is 79.5 cm³/mol. The van der Waals surface area contributed by atoms with Crippen molar-refractivity contribution < 1.29 is 0 Å². The summed E-state index contributed by atoms with van der Waals surface area (Å²) in [6.45, 7) is 7.32. The molecule has 0 atom stereocenters. The summed E-state index contributed by atoms with van der Waals surface area (Å²) in [4.78, 5) is 4.91. The molecule has 102 valence electrons. The van der Waals surface area contributed by atoms with Gasteiger partial charge in [0.15, 0.2) is 0 Å². The molecular weight excluding hydrogens is 269 g/mol. The molecule has 1 aromatic rings. The number of piperazine rings is 1. The Hall–Kier alpha value is -0.320. The number of rotatable bonds is 4. The van der Waals surface area contributed by atoms with Crippen molar-refractivity contribution >= 4 is 24.0 Å². The number of nitrogens with two attached hydrogens (primary N) is 1. The van der Waals surface area contributed by atoms with Crippen molar-refractivity contribution in [1.29, 1.82) is 0 Å². The van der Waals surface area contributed by atoms with Crippen LogP contribution in [-0.2, 0) is 6.54 Å². The second-order valence-corrected chi connectivity index (χ2v) is 4.97. The first kappa shape index (κ1) is 15.7. The lowest BCUT2D eigenvalue weighted by Crippen LogP contribution is -2.47. The molecule has 1 aliphatic rings. The standard InChI is InChI=1S/C13H20ClN3.ClH/c14-13-3-1-12(2-4-13)11-17-9-7-16(6-5-15)8-10-17;/h1-4H,5-11,15H2;1H. The molecule has 0 bridgehead atoms. The van der Waals surface area contributed by atoms with Crippen LogP contribution in [0.5, 0.6) is 0 Å². The fourth-order valence-electron chi connectivity index (χ4n) is 2.20. The minimum atomic E-state index is 0. The Morgan fingerprint density at radius 1 is 1.00 bits per heavy atom. The Labute approximate surface area is 120 Å². The van der Waals surface area contributed by atoms with E-state index in [2.05, 4.69) is 21.9 Å². The average molecular weight is 290 g/mol. The van der Waals surface area contributed by atoms with Crippen molar-refractivity contribution in [3.63, 3.8) is 0 Å². The number of hydrogen-bond acceptors (Lipinski definition) is 3. The fraction of sp³-hybridized carbons (Fsp3) is 0.538. The molecule has 1 aromatic carbocycles. The lowest BCUT2D eigenvalue weighted by molar-refractivity contribution is 0.130. The molecule has 0 radical (unpaired) electrons. The van der Waals surface area contributed by atoms with E-state index in [1.807, 2.05) is 12.1 Å². The van der Waals surface area contributed by atoms with Crippen LogP contribution in [0.1, 0.15) is 5.56 Å². The maximum absolute atomic E-state index is 5.88. The number of benzene rings is 1. The molecule has 5 heteroatoms. The van der Waals surface area contributed by atoms with Gasteiger partial charge in [-0.3, -0.25) is 9.80 Å². The van der Waals surface area contributed by atoms with Crippen LogP contribution in [0.2, 0.25) is 5.02 Å². The van der Waals surface area contributed by atoms with E-state index in [0.717, 1.165) is 50.8 Å². The second kappa shape index (κ2) is 7.97. The second-order valence-electron chi connectivity index (χ2n) is 4.53. The van der Waals surface area contributed by atoms with E-state index in [1.54, 1.807) is 0 Å². The SMILES string of the molecule is Cl.NCCN1CCN(Cc2ccc(Cl)cc2)CC1. The zero-order chi connectivity index (χ0) is 12.1. The third kappa shape index (κ3) is 4.75. The Kier molecular flexibility index (Phi) is 6.97. The molecule has 0 aromatic heterocycles. The highest BCUT2D eigenvalue weighted by Gasteiger charge is 2.15. The van der Waals surface area contributed by atoms with E-state index in [4.69, 9.17) is 17.3 Å². The largest absolute Gasteiger partial charge is 0.329 e. The van der Waals surface area contributed by atoms with Gasteiger partial charge in [-0.25, -0.2) is 0 Å². The molecular formula is C13H21Cl2N3. The maximum atomic E-state index is 5.88. The molecule has 1 heterocycles. The van der Waals surface area contributed by atoms with Gasteiger partial charge >= 0.3 is 0 Å². The van der Waals surface area contributed by atoms with Gasteiger partial charge in [0.2, 0.25) is 0 Å². The number of nitrogens with zero attached hydrogens (tertiary/aromatic N) is 2. The van der Waals surface area contributed by atoms with Gasteiger partial charge in [0.05, 0.1) is 0 Å². The molecule has 2 N–H and O–H groups in total. The highest BCUT2D eigenvalue weighted by molar-refractivity contribution is 6.30. The van der Waals surface area contributed by atoms with Gasteiger partial charge in [-0.1, -0.05) is 23.7 Å². The van der Waals surface area contributed by atoms with Gasteiger partial charge in [0, 0.05) is 50.8 Å².